The van der Waals surface area contributed by atoms with Crippen LogP contribution in [0.1, 0.15) is 18.4 Å². The van der Waals surface area contributed by atoms with Crippen LogP contribution in [0.3, 0.4) is 0 Å². The van der Waals surface area contributed by atoms with Gasteiger partial charge < -0.3 is 9.88 Å². The maximum atomic E-state index is 11.5. The highest BCUT2D eigenvalue weighted by atomic mass is 16.2. The van der Waals surface area contributed by atoms with Crippen molar-refractivity contribution in [3.05, 3.63) is 34.2 Å². The van der Waals surface area contributed by atoms with Crippen molar-refractivity contribution in [1.82, 2.24) is 9.88 Å². The Balaban J connectivity index is 1.91. The molecule has 1 aliphatic carbocycles. The molecule has 0 saturated heterocycles. The van der Waals surface area contributed by atoms with Crippen LogP contribution in [-0.2, 0) is 11.3 Å². The minimum Gasteiger partial charge on any atom is -0.354 e. The van der Waals surface area contributed by atoms with Gasteiger partial charge in [-0.3, -0.25) is 9.59 Å². The van der Waals surface area contributed by atoms with Crippen molar-refractivity contribution < 1.29 is 4.79 Å². The quantitative estimate of drug-likeness (QED) is 0.811. The van der Waals surface area contributed by atoms with Gasteiger partial charge in [0.05, 0.1) is 0 Å². The lowest BCUT2D eigenvalue weighted by Crippen LogP contribution is -2.33. The molecule has 4 nitrogen and oxygen atoms in total. The number of aryl methyl sites for hydroxylation is 1. The number of amides is 1. The van der Waals surface area contributed by atoms with Crippen molar-refractivity contribution in [1.29, 1.82) is 0 Å². The average Bonchev–Trinajstić information content (AvgIpc) is 3.03. The van der Waals surface area contributed by atoms with E-state index in [2.05, 4.69) is 5.32 Å². The largest absolute Gasteiger partial charge is 0.354 e. The molecule has 1 aromatic heterocycles. The predicted molar refractivity (Wildman–Crippen MR) is 61.2 cm³/mol. The zero-order valence-electron chi connectivity index (χ0n) is 9.40. The zero-order valence-corrected chi connectivity index (χ0v) is 9.40. The summed E-state index contributed by atoms with van der Waals surface area (Å²) >= 11 is 0. The number of pyridine rings is 1. The van der Waals surface area contributed by atoms with Gasteiger partial charge in [-0.1, -0.05) is 0 Å². The fourth-order valence-corrected chi connectivity index (χ4v) is 1.53. The van der Waals surface area contributed by atoms with E-state index in [1.54, 1.807) is 6.20 Å². The third-order valence-corrected chi connectivity index (χ3v) is 2.75. The molecule has 0 aromatic carbocycles. The summed E-state index contributed by atoms with van der Waals surface area (Å²) in [6, 6.07) is 3.36. The van der Waals surface area contributed by atoms with E-state index in [1.807, 2.05) is 13.0 Å². The fourth-order valence-electron chi connectivity index (χ4n) is 1.53. The van der Waals surface area contributed by atoms with Crippen LogP contribution in [0.5, 0.6) is 0 Å². The Kier molecular flexibility index (Phi) is 3.08. The fraction of sp³-hybridized carbons (Fsp3) is 0.500. The molecule has 86 valence electrons. The van der Waals surface area contributed by atoms with Crippen LogP contribution >= 0.6 is 0 Å². The molecule has 0 radical (unpaired) electrons. The molecule has 0 aliphatic heterocycles. The molecule has 0 spiro atoms. The first-order valence-corrected chi connectivity index (χ1v) is 5.59. The molecule has 0 atom stereocenters. The number of carbonyl (C=O) groups is 1. The summed E-state index contributed by atoms with van der Waals surface area (Å²) in [4.78, 5) is 23.0. The molecule has 1 N–H and O–H groups in total. The van der Waals surface area contributed by atoms with Gasteiger partial charge in [0.25, 0.3) is 5.56 Å². The molecule has 1 aromatic rings. The molecule has 1 heterocycles. The molecule has 1 saturated carbocycles. The summed E-state index contributed by atoms with van der Waals surface area (Å²) in [7, 11) is 0. The summed E-state index contributed by atoms with van der Waals surface area (Å²) in [5, 5.41) is 2.84. The lowest BCUT2D eigenvalue weighted by atomic mass is 10.3. The second-order valence-corrected chi connectivity index (χ2v) is 4.42. The summed E-state index contributed by atoms with van der Waals surface area (Å²) in [6.07, 6.45) is 4.09. The lowest BCUT2D eigenvalue weighted by molar-refractivity contribution is -0.121. The van der Waals surface area contributed by atoms with Gasteiger partial charge in [-0.25, -0.2) is 0 Å². The van der Waals surface area contributed by atoms with Gasteiger partial charge in [0.15, 0.2) is 0 Å². The summed E-state index contributed by atoms with van der Waals surface area (Å²) < 4.78 is 1.43. The maximum absolute atomic E-state index is 11.5. The first-order valence-electron chi connectivity index (χ1n) is 5.59. The highest BCUT2D eigenvalue weighted by molar-refractivity contribution is 5.75. The normalized spacial score (nSPS) is 14.8. The van der Waals surface area contributed by atoms with Crippen molar-refractivity contribution in [2.24, 2.45) is 5.92 Å². The Labute approximate surface area is 94.3 Å². The SMILES string of the molecule is Cc1ccn(CC(=O)NCC2CC2)c(=O)c1. The van der Waals surface area contributed by atoms with Crippen LogP contribution in [0.2, 0.25) is 0 Å². The molecule has 1 aliphatic rings. The van der Waals surface area contributed by atoms with Crippen molar-refractivity contribution in [2.45, 2.75) is 26.3 Å². The van der Waals surface area contributed by atoms with Crippen molar-refractivity contribution in [3.63, 3.8) is 0 Å². The topological polar surface area (TPSA) is 51.1 Å². The van der Waals surface area contributed by atoms with E-state index in [9.17, 15) is 9.59 Å². The van der Waals surface area contributed by atoms with Gasteiger partial charge in [-0.2, -0.15) is 0 Å². The minimum absolute atomic E-state index is 0.0853. The number of hydrogen-bond acceptors (Lipinski definition) is 2. The van der Waals surface area contributed by atoms with Crippen LogP contribution < -0.4 is 10.9 Å². The summed E-state index contributed by atoms with van der Waals surface area (Å²) in [5.74, 6) is 0.580. The number of nitrogens with zero attached hydrogens (tertiary/aromatic N) is 1. The van der Waals surface area contributed by atoms with E-state index in [0.717, 1.165) is 12.1 Å². The van der Waals surface area contributed by atoms with Gasteiger partial charge >= 0.3 is 0 Å². The van der Waals surface area contributed by atoms with Crippen molar-refractivity contribution >= 4 is 5.91 Å². The van der Waals surface area contributed by atoms with Crippen LogP contribution in [0, 0.1) is 12.8 Å². The zero-order chi connectivity index (χ0) is 11.5. The second-order valence-electron chi connectivity index (χ2n) is 4.42. The number of hydrogen-bond donors (Lipinski definition) is 1. The second kappa shape index (κ2) is 4.51. The highest BCUT2D eigenvalue weighted by Gasteiger charge is 2.21. The maximum Gasteiger partial charge on any atom is 0.251 e. The Morgan fingerprint density at radius 3 is 2.94 bits per heavy atom. The van der Waals surface area contributed by atoms with Gasteiger partial charge in [-0.15, -0.1) is 0 Å². The van der Waals surface area contributed by atoms with E-state index in [-0.39, 0.29) is 18.0 Å². The van der Waals surface area contributed by atoms with Gasteiger partial charge in [-0.05, 0) is 37.3 Å². The molecule has 4 heteroatoms. The molecule has 1 fully saturated rings. The van der Waals surface area contributed by atoms with E-state index < -0.39 is 0 Å². The van der Waals surface area contributed by atoms with Crippen LogP contribution in [0.15, 0.2) is 23.1 Å². The molecule has 0 unspecified atom stereocenters. The first-order chi connectivity index (χ1) is 7.65. The summed E-state index contributed by atoms with van der Waals surface area (Å²) in [6.45, 7) is 2.73. The minimum atomic E-state index is -0.124. The highest BCUT2D eigenvalue weighted by Crippen LogP contribution is 2.27. The Hall–Kier alpha value is -1.58. The number of rotatable bonds is 4. The van der Waals surface area contributed by atoms with Crippen LogP contribution in [-0.4, -0.2) is 17.0 Å². The Morgan fingerprint density at radius 2 is 2.31 bits per heavy atom. The van der Waals surface area contributed by atoms with Crippen molar-refractivity contribution in [3.8, 4) is 0 Å². The van der Waals surface area contributed by atoms with Gasteiger partial charge in [0, 0.05) is 18.8 Å². The van der Waals surface area contributed by atoms with Crippen LogP contribution in [0.4, 0.5) is 0 Å². The third kappa shape index (κ3) is 2.95. The third-order valence-electron chi connectivity index (χ3n) is 2.75. The lowest BCUT2D eigenvalue weighted by Gasteiger charge is -2.06. The number of aromatic nitrogens is 1. The van der Waals surface area contributed by atoms with Gasteiger partial charge in [0.2, 0.25) is 5.91 Å². The predicted octanol–water partition coefficient (Wildman–Crippen LogP) is 0.683. The van der Waals surface area contributed by atoms with E-state index in [1.165, 1.54) is 23.5 Å². The molecular weight excluding hydrogens is 204 g/mol. The molecule has 2 rings (SSSR count). The average molecular weight is 220 g/mol. The standard InChI is InChI=1S/C12H16N2O2/c1-9-4-5-14(12(16)6-9)8-11(15)13-7-10-2-3-10/h4-6,10H,2-3,7-8H2,1H3,(H,13,15). The number of carbonyl (C=O) groups excluding carboxylic acids is 1. The smallest absolute Gasteiger partial charge is 0.251 e. The number of nitrogens with one attached hydrogen (secondary N) is 1. The van der Waals surface area contributed by atoms with E-state index in [4.69, 9.17) is 0 Å². The van der Waals surface area contributed by atoms with Gasteiger partial charge in [0.1, 0.15) is 6.54 Å². The van der Waals surface area contributed by atoms with E-state index >= 15 is 0 Å². The van der Waals surface area contributed by atoms with Crippen LogP contribution in [0.25, 0.3) is 0 Å². The Bertz CT molecular complexity index is 447. The monoisotopic (exact) mass is 220 g/mol. The molecule has 1 amide bonds. The Morgan fingerprint density at radius 1 is 1.56 bits per heavy atom. The first kappa shape index (κ1) is 10.9. The molecular formula is C12H16N2O2. The van der Waals surface area contributed by atoms with Crippen molar-refractivity contribution in [2.75, 3.05) is 6.54 Å². The van der Waals surface area contributed by atoms with E-state index in [0.29, 0.717) is 5.92 Å². The molecule has 0 bridgehead atoms. The molecule has 16 heavy (non-hydrogen) atoms. The summed E-state index contributed by atoms with van der Waals surface area (Å²) in [5.41, 5.74) is 0.793.